The molecule has 3 nitrogen and oxygen atoms in total. The predicted molar refractivity (Wildman–Crippen MR) is 71.1 cm³/mol. The quantitative estimate of drug-likeness (QED) is 0.792. The Labute approximate surface area is 113 Å². The number of aldehydes is 1. The van der Waals surface area contributed by atoms with E-state index in [9.17, 15) is 4.79 Å². The van der Waals surface area contributed by atoms with Crippen molar-refractivity contribution in [3.63, 3.8) is 0 Å². The largest absolute Gasteiger partial charge is 0.298 e. The molecule has 0 amide bonds. The zero-order chi connectivity index (χ0) is 12.6. The first-order valence-electron chi connectivity index (χ1n) is 5.01. The lowest BCUT2D eigenvalue weighted by Crippen LogP contribution is -2.03. The summed E-state index contributed by atoms with van der Waals surface area (Å²) in [5.74, 6) is 0. The van der Waals surface area contributed by atoms with Gasteiger partial charge in [-0.25, -0.2) is 4.68 Å². The van der Waals surface area contributed by atoms with Crippen LogP contribution in [0.2, 0.25) is 5.02 Å². The molecule has 1 heterocycles. The van der Waals surface area contributed by atoms with Crippen LogP contribution >= 0.6 is 27.5 Å². The standard InChI is InChI=1S/C12H10BrClN2O/c1-7-12(14)8(2)16(15-7)11-4-3-10(13)5-9(11)6-17/h3-6H,1-2H3. The van der Waals surface area contributed by atoms with E-state index in [1.807, 2.05) is 26.0 Å². The van der Waals surface area contributed by atoms with Gasteiger partial charge in [0, 0.05) is 10.0 Å². The van der Waals surface area contributed by atoms with Crippen LogP contribution in [0.15, 0.2) is 22.7 Å². The van der Waals surface area contributed by atoms with Gasteiger partial charge < -0.3 is 0 Å². The maximum absolute atomic E-state index is 11.1. The molecule has 0 spiro atoms. The average Bonchev–Trinajstić information content (AvgIpc) is 2.57. The summed E-state index contributed by atoms with van der Waals surface area (Å²) in [4.78, 5) is 11.1. The molecule has 0 aliphatic carbocycles. The molecule has 2 aromatic rings. The summed E-state index contributed by atoms with van der Waals surface area (Å²) < 4.78 is 2.55. The number of carbonyl (C=O) groups is 1. The van der Waals surface area contributed by atoms with E-state index in [-0.39, 0.29) is 0 Å². The van der Waals surface area contributed by atoms with Crippen molar-refractivity contribution in [1.82, 2.24) is 9.78 Å². The Morgan fingerprint density at radius 1 is 1.41 bits per heavy atom. The van der Waals surface area contributed by atoms with Crippen LogP contribution in [0, 0.1) is 13.8 Å². The summed E-state index contributed by atoms with van der Waals surface area (Å²) in [5, 5.41) is 4.96. The molecule has 0 radical (unpaired) electrons. The fourth-order valence-electron chi connectivity index (χ4n) is 1.67. The second-order valence-electron chi connectivity index (χ2n) is 3.72. The zero-order valence-electron chi connectivity index (χ0n) is 9.37. The predicted octanol–water partition coefficient (Wildman–Crippen LogP) is 3.72. The van der Waals surface area contributed by atoms with E-state index in [1.165, 1.54) is 0 Å². The van der Waals surface area contributed by atoms with Gasteiger partial charge in [-0.05, 0) is 32.0 Å². The summed E-state index contributed by atoms with van der Waals surface area (Å²) in [5.41, 5.74) is 2.89. The fourth-order valence-corrected chi connectivity index (χ4v) is 2.17. The Morgan fingerprint density at radius 2 is 2.12 bits per heavy atom. The van der Waals surface area contributed by atoms with Gasteiger partial charge in [0.2, 0.25) is 0 Å². The molecule has 0 saturated carbocycles. The van der Waals surface area contributed by atoms with Gasteiger partial charge in [0.25, 0.3) is 0 Å². The second-order valence-corrected chi connectivity index (χ2v) is 5.01. The van der Waals surface area contributed by atoms with Crippen molar-refractivity contribution in [3.05, 3.63) is 44.6 Å². The second kappa shape index (κ2) is 4.63. The Kier molecular flexibility index (Phi) is 3.35. The molecule has 0 unspecified atom stereocenters. The van der Waals surface area contributed by atoms with E-state index in [1.54, 1.807) is 10.7 Å². The maximum Gasteiger partial charge on any atom is 0.152 e. The van der Waals surface area contributed by atoms with Crippen LogP contribution in [0.1, 0.15) is 21.7 Å². The Hall–Kier alpha value is -1.13. The third-order valence-corrected chi connectivity index (χ3v) is 3.59. The van der Waals surface area contributed by atoms with Gasteiger partial charge in [0.05, 0.1) is 22.1 Å². The van der Waals surface area contributed by atoms with Crippen LogP contribution in [0.4, 0.5) is 0 Å². The molecule has 2 rings (SSSR count). The monoisotopic (exact) mass is 312 g/mol. The first kappa shape index (κ1) is 12.3. The average molecular weight is 314 g/mol. The van der Waals surface area contributed by atoms with Crippen LogP contribution in [-0.4, -0.2) is 16.1 Å². The molecule has 0 aliphatic heterocycles. The van der Waals surface area contributed by atoms with Gasteiger partial charge in [0.15, 0.2) is 6.29 Å². The zero-order valence-corrected chi connectivity index (χ0v) is 11.7. The number of nitrogens with zero attached hydrogens (tertiary/aromatic N) is 2. The van der Waals surface area contributed by atoms with Crippen molar-refractivity contribution in [1.29, 1.82) is 0 Å². The number of halogens is 2. The third-order valence-electron chi connectivity index (χ3n) is 2.55. The smallest absolute Gasteiger partial charge is 0.152 e. The third kappa shape index (κ3) is 2.15. The molecule has 0 fully saturated rings. The molecule has 0 aliphatic rings. The highest BCUT2D eigenvalue weighted by molar-refractivity contribution is 9.10. The molecule has 1 aromatic heterocycles. The first-order valence-corrected chi connectivity index (χ1v) is 6.18. The number of rotatable bonds is 2. The molecular formula is C12H10BrClN2O. The normalized spacial score (nSPS) is 10.6. The summed E-state index contributed by atoms with van der Waals surface area (Å²) in [6, 6.07) is 5.46. The number of carbonyl (C=O) groups excluding carboxylic acids is 1. The van der Waals surface area contributed by atoms with E-state index < -0.39 is 0 Å². The Bertz CT molecular complexity index is 592. The van der Waals surface area contributed by atoms with Crippen molar-refractivity contribution in [3.8, 4) is 5.69 Å². The molecule has 0 N–H and O–H groups in total. The number of aryl methyl sites for hydroxylation is 1. The summed E-state index contributed by atoms with van der Waals surface area (Å²) >= 11 is 9.43. The van der Waals surface area contributed by atoms with Gasteiger partial charge in [-0.15, -0.1) is 0 Å². The minimum absolute atomic E-state index is 0.571. The van der Waals surface area contributed by atoms with E-state index in [0.29, 0.717) is 10.6 Å². The van der Waals surface area contributed by atoms with Crippen molar-refractivity contribution >= 4 is 33.8 Å². The van der Waals surface area contributed by atoms with Gasteiger partial charge in [-0.2, -0.15) is 5.10 Å². The highest BCUT2D eigenvalue weighted by Crippen LogP contribution is 2.25. The lowest BCUT2D eigenvalue weighted by atomic mass is 10.2. The van der Waals surface area contributed by atoms with Crippen LogP contribution in [0.5, 0.6) is 0 Å². The molecule has 17 heavy (non-hydrogen) atoms. The molecular weight excluding hydrogens is 304 g/mol. The molecule has 1 aromatic carbocycles. The Balaban J connectivity index is 2.68. The Morgan fingerprint density at radius 3 is 2.65 bits per heavy atom. The molecule has 0 saturated heterocycles. The highest BCUT2D eigenvalue weighted by Gasteiger charge is 2.13. The van der Waals surface area contributed by atoms with Gasteiger partial charge in [-0.1, -0.05) is 27.5 Å². The van der Waals surface area contributed by atoms with Crippen LogP contribution < -0.4 is 0 Å². The van der Waals surface area contributed by atoms with E-state index >= 15 is 0 Å². The summed E-state index contributed by atoms with van der Waals surface area (Å²) in [6.45, 7) is 3.71. The molecule has 0 atom stereocenters. The van der Waals surface area contributed by atoms with Crippen LogP contribution in [0.25, 0.3) is 5.69 Å². The van der Waals surface area contributed by atoms with Gasteiger partial charge in [-0.3, -0.25) is 4.79 Å². The minimum atomic E-state index is 0.571. The summed E-state index contributed by atoms with van der Waals surface area (Å²) in [7, 11) is 0. The number of hydrogen-bond donors (Lipinski definition) is 0. The number of aromatic nitrogens is 2. The molecule has 5 heteroatoms. The lowest BCUT2D eigenvalue weighted by molar-refractivity contribution is 0.112. The van der Waals surface area contributed by atoms with Crippen LogP contribution in [0.3, 0.4) is 0 Å². The molecule has 0 bridgehead atoms. The lowest BCUT2D eigenvalue weighted by Gasteiger charge is -2.07. The van der Waals surface area contributed by atoms with Crippen molar-refractivity contribution < 1.29 is 4.79 Å². The minimum Gasteiger partial charge on any atom is -0.298 e. The van der Waals surface area contributed by atoms with Crippen molar-refractivity contribution in [2.75, 3.05) is 0 Å². The highest BCUT2D eigenvalue weighted by atomic mass is 79.9. The number of benzene rings is 1. The maximum atomic E-state index is 11.1. The van der Waals surface area contributed by atoms with Crippen molar-refractivity contribution in [2.24, 2.45) is 0 Å². The topological polar surface area (TPSA) is 34.9 Å². The number of hydrogen-bond acceptors (Lipinski definition) is 2. The van der Waals surface area contributed by atoms with E-state index in [2.05, 4.69) is 21.0 Å². The van der Waals surface area contributed by atoms with Gasteiger partial charge >= 0.3 is 0 Å². The van der Waals surface area contributed by atoms with Gasteiger partial charge in [0.1, 0.15) is 0 Å². The van der Waals surface area contributed by atoms with Crippen molar-refractivity contribution in [2.45, 2.75) is 13.8 Å². The summed E-state index contributed by atoms with van der Waals surface area (Å²) in [6.07, 6.45) is 0.810. The molecule has 88 valence electrons. The fraction of sp³-hybridized carbons (Fsp3) is 0.167. The SMILES string of the molecule is Cc1nn(-c2ccc(Br)cc2C=O)c(C)c1Cl. The van der Waals surface area contributed by atoms with E-state index in [0.717, 1.165) is 27.8 Å². The van der Waals surface area contributed by atoms with Crippen LogP contribution in [-0.2, 0) is 0 Å². The van der Waals surface area contributed by atoms with E-state index in [4.69, 9.17) is 11.6 Å². The first-order chi connectivity index (χ1) is 8.04.